The molecule has 0 fully saturated rings. The van der Waals surface area contributed by atoms with Gasteiger partial charge in [0.05, 0.1) is 0 Å². The highest BCUT2D eigenvalue weighted by molar-refractivity contribution is 7.99. The molecule has 1 aromatic carbocycles. The lowest BCUT2D eigenvalue weighted by Gasteiger charge is -2.08. The first-order valence-corrected chi connectivity index (χ1v) is 6.69. The van der Waals surface area contributed by atoms with Crippen molar-refractivity contribution in [2.75, 3.05) is 5.75 Å². The van der Waals surface area contributed by atoms with Crippen molar-refractivity contribution in [1.29, 1.82) is 0 Å². The lowest BCUT2D eigenvalue weighted by molar-refractivity contribution is 0.778. The van der Waals surface area contributed by atoms with Crippen LogP contribution in [0.5, 0.6) is 0 Å². The molecule has 0 atom stereocenters. The van der Waals surface area contributed by atoms with Gasteiger partial charge >= 0.3 is 0 Å². The maximum atomic E-state index is 5.74. The van der Waals surface area contributed by atoms with Crippen molar-refractivity contribution < 1.29 is 0 Å². The van der Waals surface area contributed by atoms with Crippen LogP contribution < -0.4 is 5.73 Å². The van der Waals surface area contributed by atoms with Gasteiger partial charge in [0.25, 0.3) is 0 Å². The van der Waals surface area contributed by atoms with Crippen molar-refractivity contribution in [2.24, 2.45) is 5.73 Å². The van der Waals surface area contributed by atoms with E-state index in [1.54, 1.807) is 0 Å². The smallest absolute Gasteiger partial charge is 0.0189 e. The van der Waals surface area contributed by atoms with Gasteiger partial charge < -0.3 is 5.73 Å². The Labute approximate surface area is 97.4 Å². The maximum absolute atomic E-state index is 5.74. The number of unbranched alkanes of at least 4 members (excludes halogenated alkanes) is 2. The van der Waals surface area contributed by atoms with Crippen LogP contribution >= 0.6 is 11.8 Å². The van der Waals surface area contributed by atoms with E-state index in [9.17, 15) is 0 Å². The second-order valence-corrected chi connectivity index (χ2v) is 5.01. The van der Waals surface area contributed by atoms with Crippen LogP contribution in [0.2, 0.25) is 0 Å². The Morgan fingerprint density at radius 1 is 1.27 bits per heavy atom. The lowest BCUT2D eigenvalue weighted by atomic mass is 10.1. The van der Waals surface area contributed by atoms with Crippen molar-refractivity contribution in [3.05, 3.63) is 29.3 Å². The SMILES string of the molecule is CCCCCSc1ccc(C)cc1CN. The average Bonchev–Trinajstić information content (AvgIpc) is 2.26. The molecular weight excluding hydrogens is 202 g/mol. The van der Waals surface area contributed by atoms with Gasteiger partial charge in [0, 0.05) is 11.4 Å². The molecule has 0 spiro atoms. The predicted molar refractivity (Wildman–Crippen MR) is 69.3 cm³/mol. The van der Waals surface area contributed by atoms with Crippen LogP contribution in [-0.4, -0.2) is 5.75 Å². The molecule has 15 heavy (non-hydrogen) atoms. The van der Waals surface area contributed by atoms with Gasteiger partial charge in [0.2, 0.25) is 0 Å². The van der Waals surface area contributed by atoms with Crippen LogP contribution in [0.15, 0.2) is 23.1 Å². The molecule has 0 saturated carbocycles. The molecule has 0 aliphatic carbocycles. The molecule has 0 aliphatic heterocycles. The highest BCUT2D eigenvalue weighted by atomic mass is 32.2. The fraction of sp³-hybridized carbons (Fsp3) is 0.538. The monoisotopic (exact) mass is 223 g/mol. The quantitative estimate of drug-likeness (QED) is 0.587. The van der Waals surface area contributed by atoms with Gasteiger partial charge in [-0.05, 0) is 30.7 Å². The van der Waals surface area contributed by atoms with Gasteiger partial charge in [-0.25, -0.2) is 0 Å². The summed E-state index contributed by atoms with van der Waals surface area (Å²) in [7, 11) is 0. The van der Waals surface area contributed by atoms with Gasteiger partial charge in [0.1, 0.15) is 0 Å². The Kier molecular flexibility index (Phi) is 5.81. The second-order valence-electron chi connectivity index (χ2n) is 3.87. The molecule has 2 N–H and O–H groups in total. The summed E-state index contributed by atoms with van der Waals surface area (Å²) in [6.07, 6.45) is 3.92. The molecule has 0 radical (unpaired) electrons. The van der Waals surface area contributed by atoms with Crippen molar-refractivity contribution in [3.8, 4) is 0 Å². The highest BCUT2D eigenvalue weighted by Gasteiger charge is 2.01. The van der Waals surface area contributed by atoms with Gasteiger partial charge in [-0.2, -0.15) is 0 Å². The molecule has 0 bridgehead atoms. The molecule has 1 rings (SSSR count). The Morgan fingerprint density at radius 2 is 2.07 bits per heavy atom. The fourth-order valence-corrected chi connectivity index (χ4v) is 2.60. The van der Waals surface area contributed by atoms with E-state index >= 15 is 0 Å². The predicted octanol–water partition coefficient (Wildman–Crippen LogP) is 3.74. The third kappa shape index (κ3) is 4.27. The first-order valence-electron chi connectivity index (χ1n) is 5.70. The Balaban J connectivity index is 2.52. The largest absolute Gasteiger partial charge is 0.326 e. The zero-order chi connectivity index (χ0) is 11.1. The van der Waals surface area contributed by atoms with Crippen molar-refractivity contribution >= 4 is 11.8 Å². The normalized spacial score (nSPS) is 10.6. The molecular formula is C13H21NS. The number of thioether (sulfide) groups is 1. The standard InChI is InChI=1S/C13H21NS/c1-3-4-5-8-15-13-7-6-11(2)9-12(13)10-14/h6-7,9H,3-5,8,10,14H2,1-2H3. The Morgan fingerprint density at radius 3 is 2.73 bits per heavy atom. The first-order chi connectivity index (χ1) is 7.27. The number of nitrogens with two attached hydrogens (primary N) is 1. The highest BCUT2D eigenvalue weighted by Crippen LogP contribution is 2.24. The number of benzene rings is 1. The van der Waals surface area contributed by atoms with Gasteiger partial charge in [-0.3, -0.25) is 0 Å². The fourth-order valence-electron chi connectivity index (χ4n) is 1.54. The summed E-state index contributed by atoms with van der Waals surface area (Å²) in [6.45, 7) is 5.00. The zero-order valence-corrected chi connectivity index (χ0v) is 10.6. The summed E-state index contributed by atoms with van der Waals surface area (Å²) in [6, 6.07) is 6.57. The van der Waals surface area contributed by atoms with E-state index < -0.39 is 0 Å². The summed E-state index contributed by atoms with van der Waals surface area (Å²) in [5.74, 6) is 1.21. The van der Waals surface area contributed by atoms with Crippen LogP contribution in [0.1, 0.15) is 37.3 Å². The van der Waals surface area contributed by atoms with E-state index in [0.717, 1.165) is 0 Å². The zero-order valence-electron chi connectivity index (χ0n) is 9.75. The molecule has 0 saturated heterocycles. The minimum Gasteiger partial charge on any atom is -0.326 e. The van der Waals surface area contributed by atoms with Crippen molar-refractivity contribution in [3.63, 3.8) is 0 Å². The Hall–Kier alpha value is -0.470. The molecule has 1 aromatic rings. The van der Waals surface area contributed by atoms with Crippen LogP contribution in [-0.2, 0) is 6.54 Å². The van der Waals surface area contributed by atoms with E-state index in [1.807, 2.05) is 11.8 Å². The topological polar surface area (TPSA) is 26.0 Å². The van der Waals surface area contributed by atoms with Crippen LogP contribution in [0.25, 0.3) is 0 Å². The molecule has 0 unspecified atom stereocenters. The van der Waals surface area contributed by atoms with Crippen LogP contribution in [0, 0.1) is 6.92 Å². The minimum absolute atomic E-state index is 0.651. The molecule has 0 amide bonds. The van der Waals surface area contributed by atoms with Crippen LogP contribution in [0.3, 0.4) is 0 Å². The third-order valence-corrected chi connectivity index (χ3v) is 3.64. The van der Waals surface area contributed by atoms with E-state index in [2.05, 4.69) is 32.0 Å². The van der Waals surface area contributed by atoms with E-state index in [1.165, 1.54) is 41.0 Å². The summed E-state index contributed by atoms with van der Waals surface area (Å²) in [4.78, 5) is 1.36. The molecule has 1 nitrogen and oxygen atoms in total. The number of rotatable bonds is 6. The minimum atomic E-state index is 0.651. The molecule has 2 heteroatoms. The lowest BCUT2D eigenvalue weighted by Crippen LogP contribution is -1.99. The second kappa shape index (κ2) is 6.91. The van der Waals surface area contributed by atoms with Gasteiger partial charge in [0.15, 0.2) is 0 Å². The molecule has 84 valence electrons. The number of hydrogen-bond donors (Lipinski definition) is 1. The summed E-state index contributed by atoms with van der Waals surface area (Å²) < 4.78 is 0. The summed E-state index contributed by atoms with van der Waals surface area (Å²) in [5, 5.41) is 0. The maximum Gasteiger partial charge on any atom is 0.0189 e. The Bertz CT molecular complexity index is 297. The van der Waals surface area contributed by atoms with Gasteiger partial charge in [-0.1, -0.05) is 37.5 Å². The van der Waals surface area contributed by atoms with E-state index in [4.69, 9.17) is 5.73 Å². The van der Waals surface area contributed by atoms with E-state index in [-0.39, 0.29) is 0 Å². The summed E-state index contributed by atoms with van der Waals surface area (Å²) in [5.41, 5.74) is 8.32. The third-order valence-electron chi connectivity index (χ3n) is 2.44. The van der Waals surface area contributed by atoms with Gasteiger partial charge in [-0.15, -0.1) is 11.8 Å². The number of aryl methyl sites for hydroxylation is 1. The molecule has 0 aromatic heterocycles. The molecule has 0 aliphatic rings. The number of hydrogen-bond acceptors (Lipinski definition) is 2. The van der Waals surface area contributed by atoms with Crippen LogP contribution in [0.4, 0.5) is 0 Å². The van der Waals surface area contributed by atoms with Crippen molar-refractivity contribution in [2.45, 2.75) is 44.6 Å². The molecule has 0 heterocycles. The summed E-state index contributed by atoms with van der Waals surface area (Å²) >= 11 is 1.94. The first kappa shape index (κ1) is 12.6. The average molecular weight is 223 g/mol. The van der Waals surface area contributed by atoms with Crippen molar-refractivity contribution in [1.82, 2.24) is 0 Å². The van der Waals surface area contributed by atoms with E-state index in [0.29, 0.717) is 6.54 Å².